The second-order valence-electron chi connectivity index (χ2n) is 4.52. The fourth-order valence-corrected chi connectivity index (χ4v) is 3.89. The van der Waals surface area contributed by atoms with Crippen molar-refractivity contribution < 1.29 is 9.18 Å². The second-order valence-corrected chi connectivity index (χ2v) is 7.57. The van der Waals surface area contributed by atoms with Gasteiger partial charge in [-0.1, -0.05) is 35.2 Å². The first kappa shape index (κ1) is 17.0. The fourth-order valence-electron chi connectivity index (χ4n) is 1.74. The van der Waals surface area contributed by atoms with Crippen molar-refractivity contribution in [3.63, 3.8) is 0 Å². The normalized spacial score (nSPS) is 10.8. The zero-order valence-corrected chi connectivity index (χ0v) is 15.2. The van der Waals surface area contributed by atoms with Crippen molar-refractivity contribution >= 4 is 50.1 Å². The van der Waals surface area contributed by atoms with Crippen molar-refractivity contribution in [1.82, 2.24) is 25.0 Å². The lowest BCUT2D eigenvalue weighted by atomic mass is 10.2. The minimum absolute atomic E-state index is 0.0469. The number of nitrogens with one attached hydrogen (secondary N) is 1. The molecule has 2 heterocycles. The van der Waals surface area contributed by atoms with Crippen molar-refractivity contribution in [3.05, 3.63) is 46.7 Å². The molecule has 0 aliphatic carbocycles. The molecule has 7 nitrogen and oxygen atoms in total. The third-order valence-corrected chi connectivity index (χ3v) is 5.44. The van der Waals surface area contributed by atoms with Crippen LogP contribution >= 0.6 is 39.0 Å². The average Bonchev–Trinajstić information content (AvgIpc) is 3.21. The molecule has 24 heavy (non-hydrogen) atoms. The maximum Gasteiger partial charge on any atom is 0.247 e. The molecule has 0 unspecified atom stereocenters. The van der Waals surface area contributed by atoms with E-state index in [2.05, 4.69) is 41.5 Å². The van der Waals surface area contributed by atoms with Gasteiger partial charge >= 0.3 is 0 Å². The van der Waals surface area contributed by atoms with Crippen LogP contribution in [-0.2, 0) is 17.1 Å². The molecule has 0 aliphatic rings. The number of amides is 1. The van der Waals surface area contributed by atoms with Crippen LogP contribution in [0.2, 0.25) is 0 Å². The minimum atomic E-state index is -0.282. The maximum atomic E-state index is 13.9. The number of benzene rings is 1. The Balaban J connectivity index is 1.55. The van der Waals surface area contributed by atoms with Crippen LogP contribution in [0, 0.1) is 5.82 Å². The summed E-state index contributed by atoms with van der Waals surface area (Å²) in [6.45, 7) is 0.0469. The van der Waals surface area contributed by atoms with Gasteiger partial charge in [0.05, 0.1) is 4.47 Å². The standard InChI is InChI=1S/C13H10BrFN6OS2/c14-9-3-1-2-8(11(9)15)5-23-13-20-19-12(24-13)18-10(22)4-21-7-16-6-17-21/h1-3,6-7H,4-5H2,(H,18,19,22). The predicted octanol–water partition coefficient (Wildman–Crippen LogP) is 2.96. The summed E-state index contributed by atoms with van der Waals surface area (Å²) in [5.41, 5.74) is 0.571. The van der Waals surface area contributed by atoms with Crippen LogP contribution in [0.25, 0.3) is 0 Å². The van der Waals surface area contributed by atoms with Crippen molar-refractivity contribution in [3.8, 4) is 0 Å². The highest BCUT2D eigenvalue weighted by molar-refractivity contribution is 9.10. The SMILES string of the molecule is O=C(Cn1cncn1)Nc1nnc(SCc2cccc(Br)c2F)s1. The third-order valence-electron chi connectivity index (χ3n) is 2.81. The molecular weight excluding hydrogens is 419 g/mol. The van der Waals surface area contributed by atoms with Crippen molar-refractivity contribution in [2.45, 2.75) is 16.6 Å². The van der Waals surface area contributed by atoms with Crippen LogP contribution in [0.4, 0.5) is 9.52 Å². The lowest BCUT2D eigenvalue weighted by Gasteiger charge is -2.02. The molecule has 0 aliphatic heterocycles. The van der Waals surface area contributed by atoms with Gasteiger partial charge in [0.15, 0.2) is 4.34 Å². The zero-order chi connectivity index (χ0) is 16.9. The number of rotatable bonds is 6. The highest BCUT2D eigenvalue weighted by Gasteiger charge is 2.11. The summed E-state index contributed by atoms with van der Waals surface area (Å²) in [4.78, 5) is 15.6. The van der Waals surface area contributed by atoms with E-state index in [-0.39, 0.29) is 18.3 Å². The molecular formula is C13H10BrFN6OS2. The summed E-state index contributed by atoms with van der Waals surface area (Å²) in [5.74, 6) is -0.130. The second kappa shape index (κ2) is 7.81. The van der Waals surface area contributed by atoms with Gasteiger partial charge in [0, 0.05) is 5.75 Å². The first-order valence-electron chi connectivity index (χ1n) is 6.63. The van der Waals surface area contributed by atoms with Crippen LogP contribution in [0.3, 0.4) is 0 Å². The van der Waals surface area contributed by atoms with E-state index in [4.69, 9.17) is 0 Å². The van der Waals surface area contributed by atoms with Gasteiger partial charge in [0.25, 0.3) is 0 Å². The van der Waals surface area contributed by atoms with Gasteiger partial charge in [-0.05, 0) is 27.6 Å². The Morgan fingerprint density at radius 1 is 1.42 bits per heavy atom. The molecule has 0 bridgehead atoms. The quantitative estimate of drug-likeness (QED) is 0.479. The highest BCUT2D eigenvalue weighted by Crippen LogP contribution is 2.30. The molecule has 3 aromatic rings. The summed E-state index contributed by atoms with van der Waals surface area (Å²) < 4.78 is 16.4. The van der Waals surface area contributed by atoms with E-state index in [9.17, 15) is 9.18 Å². The number of thioether (sulfide) groups is 1. The fraction of sp³-hybridized carbons (Fsp3) is 0.154. The molecule has 3 rings (SSSR count). The van der Waals surface area contributed by atoms with E-state index in [0.29, 0.717) is 25.3 Å². The van der Waals surface area contributed by atoms with Gasteiger partial charge in [-0.25, -0.2) is 14.1 Å². The van der Waals surface area contributed by atoms with Gasteiger partial charge < -0.3 is 0 Å². The molecule has 1 amide bonds. The van der Waals surface area contributed by atoms with E-state index < -0.39 is 0 Å². The first-order valence-corrected chi connectivity index (χ1v) is 9.23. The molecule has 0 atom stereocenters. The highest BCUT2D eigenvalue weighted by atomic mass is 79.9. The Morgan fingerprint density at radius 2 is 2.29 bits per heavy atom. The molecule has 124 valence electrons. The molecule has 0 radical (unpaired) electrons. The molecule has 0 saturated heterocycles. The van der Waals surface area contributed by atoms with Crippen LogP contribution < -0.4 is 5.32 Å². The van der Waals surface area contributed by atoms with Crippen molar-refractivity contribution in [2.75, 3.05) is 5.32 Å². The number of carbonyl (C=O) groups excluding carboxylic acids is 1. The van der Waals surface area contributed by atoms with E-state index in [1.54, 1.807) is 18.2 Å². The molecule has 11 heteroatoms. The number of hydrogen-bond donors (Lipinski definition) is 1. The molecule has 2 aromatic heterocycles. The van der Waals surface area contributed by atoms with Crippen LogP contribution in [0.5, 0.6) is 0 Å². The third kappa shape index (κ3) is 4.36. The molecule has 0 spiro atoms. The van der Waals surface area contributed by atoms with Crippen molar-refractivity contribution in [1.29, 1.82) is 0 Å². The van der Waals surface area contributed by atoms with Gasteiger partial charge in [-0.3, -0.25) is 10.1 Å². The largest absolute Gasteiger partial charge is 0.299 e. The smallest absolute Gasteiger partial charge is 0.247 e. The number of nitrogens with zero attached hydrogens (tertiary/aromatic N) is 5. The summed E-state index contributed by atoms with van der Waals surface area (Å²) >= 11 is 5.75. The van der Waals surface area contributed by atoms with E-state index >= 15 is 0 Å². The minimum Gasteiger partial charge on any atom is -0.299 e. The van der Waals surface area contributed by atoms with Gasteiger partial charge in [0.1, 0.15) is 25.0 Å². The first-order chi connectivity index (χ1) is 11.6. The number of hydrogen-bond acceptors (Lipinski definition) is 7. The van der Waals surface area contributed by atoms with E-state index in [0.717, 1.165) is 0 Å². The summed E-state index contributed by atoms with van der Waals surface area (Å²) in [6.07, 6.45) is 2.81. The number of halogens is 2. The van der Waals surface area contributed by atoms with Gasteiger partial charge in [0.2, 0.25) is 11.0 Å². The number of anilines is 1. The Kier molecular flexibility index (Phi) is 5.53. The Bertz CT molecular complexity index is 841. The van der Waals surface area contributed by atoms with Gasteiger partial charge in [-0.2, -0.15) is 5.10 Å². The molecule has 1 N–H and O–H groups in total. The molecule has 1 aromatic carbocycles. The Morgan fingerprint density at radius 3 is 3.08 bits per heavy atom. The molecule has 0 fully saturated rings. The van der Waals surface area contributed by atoms with E-state index in [1.807, 2.05) is 0 Å². The number of aromatic nitrogens is 5. The van der Waals surface area contributed by atoms with Crippen LogP contribution in [0.1, 0.15) is 5.56 Å². The lowest BCUT2D eigenvalue weighted by molar-refractivity contribution is -0.116. The van der Waals surface area contributed by atoms with Crippen LogP contribution in [-0.4, -0.2) is 30.9 Å². The van der Waals surface area contributed by atoms with Crippen molar-refractivity contribution in [2.24, 2.45) is 0 Å². The Hall–Kier alpha value is -1.85. The van der Waals surface area contributed by atoms with Gasteiger partial charge in [-0.15, -0.1) is 10.2 Å². The maximum absolute atomic E-state index is 13.9. The topological polar surface area (TPSA) is 85.6 Å². The van der Waals surface area contributed by atoms with E-state index in [1.165, 1.54) is 40.4 Å². The predicted molar refractivity (Wildman–Crippen MR) is 92.2 cm³/mol. The summed E-state index contributed by atoms with van der Waals surface area (Å²) in [7, 11) is 0. The average molecular weight is 429 g/mol. The summed E-state index contributed by atoms with van der Waals surface area (Å²) in [5, 5.41) is 14.8. The Labute approximate surface area is 152 Å². The summed E-state index contributed by atoms with van der Waals surface area (Å²) in [6, 6.07) is 5.14. The lowest BCUT2D eigenvalue weighted by Crippen LogP contribution is -2.18. The van der Waals surface area contributed by atoms with Crippen LogP contribution in [0.15, 0.2) is 39.7 Å². The monoisotopic (exact) mass is 428 g/mol. The zero-order valence-electron chi connectivity index (χ0n) is 12.0. The molecule has 0 saturated carbocycles. The number of carbonyl (C=O) groups is 1.